The van der Waals surface area contributed by atoms with Crippen LogP contribution in [0.5, 0.6) is 5.75 Å². The maximum absolute atomic E-state index is 14.0. The number of ketones is 1. The summed E-state index contributed by atoms with van der Waals surface area (Å²) >= 11 is 0. The van der Waals surface area contributed by atoms with Crippen molar-refractivity contribution in [3.63, 3.8) is 0 Å². The van der Waals surface area contributed by atoms with Gasteiger partial charge >= 0.3 is 0 Å². The van der Waals surface area contributed by atoms with Gasteiger partial charge in [0, 0.05) is 30.4 Å². The van der Waals surface area contributed by atoms with Gasteiger partial charge in [0.1, 0.15) is 23.9 Å². The molecule has 5 rings (SSSR count). The Morgan fingerprint density at radius 2 is 1.82 bits per heavy atom. The van der Waals surface area contributed by atoms with Crippen molar-refractivity contribution in [2.24, 2.45) is 0 Å². The number of benzene rings is 2. The lowest BCUT2D eigenvalue weighted by Gasteiger charge is -2.10. The number of aryl methyl sites for hydroxylation is 1. The molecule has 0 atom stereocenters. The van der Waals surface area contributed by atoms with E-state index in [1.807, 2.05) is 24.3 Å². The number of fused-ring (bicyclic) bond motifs is 2. The summed E-state index contributed by atoms with van der Waals surface area (Å²) in [6.07, 6.45) is 5.40. The number of Topliss-reactive ketones (excluding diaryl/α,β-unsaturated/α-hetero) is 1. The van der Waals surface area contributed by atoms with Crippen molar-refractivity contribution in [1.29, 1.82) is 0 Å². The molecule has 0 bridgehead atoms. The van der Waals surface area contributed by atoms with Crippen molar-refractivity contribution in [1.82, 2.24) is 14.4 Å². The van der Waals surface area contributed by atoms with Crippen LogP contribution in [0.1, 0.15) is 27.3 Å². The van der Waals surface area contributed by atoms with E-state index in [2.05, 4.69) is 9.97 Å². The fourth-order valence-corrected chi connectivity index (χ4v) is 4.03. The van der Waals surface area contributed by atoms with Crippen LogP contribution in [0.15, 0.2) is 73.2 Å². The predicted molar refractivity (Wildman–Crippen MR) is 120 cm³/mol. The van der Waals surface area contributed by atoms with Crippen molar-refractivity contribution in [3.8, 4) is 5.75 Å². The molecular formula is C26H19F2N3O2. The molecule has 0 aliphatic heterocycles. The molecule has 0 aliphatic carbocycles. The molecule has 0 saturated carbocycles. The van der Waals surface area contributed by atoms with Gasteiger partial charge in [-0.1, -0.05) is 24.3 Å². The Kier molecular flexibility index (Phi) is 5.30. The fourth-order valence-electron chi connectivity index (χ4n) is 4.03. The Morgan fingerprint density at radius 3 is 2.64 bits per heavy atom. The number of hydrogen-bond acceptors (Lipinski definition) is 4. The third-order valence-corrected chi connectivity index (χ3v) is 5.61. The minimum atomic E-state index is -0.678. The topological polar surface area (TPSA) is 56.5 Å². The fraction of sp³-hybridized carbons (Fsp3) is 0.115. The average Bonchev–Trinajstić information content (AvgIpc) is 3.15. The summed E-state index contributed by atoms with van der Waals surface area (Å²) in [5.41, 5.74) is 2.15. The summed E-state index contributed by atoms with van der Waals surface area (Å²) in [5.74, 6) is -1.12. The highest BCUT2D eigenvalue weighted by Gasteiger charge is 2.20. The first-order valence-electron chi connectivity index (χ1n) is 10.4. The maximum atomic E-state index is 14.0. The molecule has 5 aromatic rings. The highest BCUT2D eigenvalue weighted by Crippen LogP contribution is 2.26. The van der Waals surface area contributed by atoms with Gasteiger partial charge < -0.3 is 4.74 Å². The Morgan fingerprint density at radius 1 is 1.03 bits per heavy atom. The molecule has 0 fully saturated rings. The first-order chi connectivity index (χ1) is 16.0. The minimum Gasteiger partial charge on any atom is -0.485 e. The Balaban J connectivity index is 1.47. The van der Waals surface area contributed by atoms with Crippen molar-refractivity contribution < 1.29 is 18.3 Å². The van der Waals surface area contributed by atoms with E-state index in [0.29, 0.717) is 22.8 Å². The van der Waals surface area contributed by atoms with Crippen LogP contribution in [0.4, 0.5) is 8.78 Å². The third kappa shape index (κ3) is 3.82. The van der Waals surface area contributed by atoms with Gasteiger partial charge in [-0.2, -0.15) is 0 Å². The first-order valence-corrected chi connectivity index (χ1v) is 10.4. The summed E-state index contributed by atoms with van der Waals surface area (Å²) in [6.45, 7) is 1.46. The van der Waals surface area contributed by atoms with Crippen LogP contribution in [-0.2, 0) is 13.0 Å². The molecule has 0 saturated heterocycles. The van der Waals surface area contributed by atoms with E-state index in [-0.39, 0.29) is 24.4 Å². The summed E-state index contributed by atoms with van der Waals surface area (Å²) < 4.78 is 35.3. The van der Waals surface area contributed by atoms with Crippen molar-refractivity contribution in [2.45, 2.75) is 20.0 Å². The van der Waals surface area contributed by atoms with Gasteiger partial charge in [0.05, 0.1) is 11.3 Å². The van der Waals surface area contributed by atoms with Gasteiger partial charge in [-0.25, -0.2) is 13.8 Å². The number of halogens is 2. The van der Waals surface area contributed by atoms with Gasteiger partial charge in [0.15, 0.2) is 17.2 Å². The van der Waals surface area contributed by atoms with Gasteiger partial charge in [-0.3, -0.25) is 14.2 Å². The van der Waals surface area contributed by atoms with E-state index in [0.717, 1.165) is 16.3 Å². The van der Waals surface area contributed by atoms with E-state index >= 15 is 0 Å². The van der Waals surface area contributed by atoms with E-state index in [1.54, 1.807) is 42.0 Å². The number of carbonyl (C=O) groups is 1. The average molecular weight is 443 g/mol. The second-order valence-electron chi connectivity index (χ2n) is 7.71. The molecule has 2 aromatic carbocycles. The van der Waals surface area contributed by atoms with Crippen LogP contribution in [-0.4, -0.2) is 20.2 Å². The molecule has 33 heavy (non-hydrogen) atoms. The van der Waals surface area contributed by atoms with Crippen LogP contribution in [0.2, 0.25) is 0 Å². The highest BCUT2D eigenvalue weighted by atomic mass is 19.1. The lowest BCUT2D eigenvalue weighted by molar-refractivity contribution is 0.0987. The zero-order valence-corrected chi connectivity index (χ0v) is 17.8. The normalized spacial score (nSPS) is 11.2. The van der Waals surface area contributed by atoms with Gasteiger partial charge in [-0.15, -0.1) is 0 Å². The number of rotatable bonds is 6. The summed E-state index contributed by atoms with van der Waals surface area (Å²) in [5, 5.41) is 1.94. The van der Waals surface area contributed by atoms with Crippen LogP contribution < -0.4 is 4.74 Å². The van der Waals surface area contributed by atoms with Crippen LogP contribution in [0.25, 0.3) is 16.4 Å². The maximum Gasteiger partial charge on any atom is 0.185 e. The van der Waals surface area contributed by atoms with Gasteiger partial charge in [0.2, 0.25) is 0 Å². The van der Waals surface area contributed by atoms with Crippen LogP contribution >= 0.6 is 0 Å². The monoisotopic (exact) mass is 443 g/mol. The number of ether oxygens (including phenoxy) is 1. The molecule has 164 valence electrons. The largest absolute Gasteiger partial charge is 0.485 e. The second-order valence-corrected chi connectivity index (χ2v) is 7.71. The Labute approximate surface area is 188 Å². The number of carbonyl (C=O) groups excluding carboxylic acids is 1. The quantitative estimate of drug-likeness (QED) is 0.327. The van der Waals surface area contributed by atoms with Crippen molar-refractivity contribution >= 4 is 22.2 Å². The molecule has 3 aromatic heterocycles. The predicted octanol–water partition coefficient (Wildman–Crippen LogP) is 5.47. The second kappa shape index (κ2) is 8.43. The SMILES string of the molecule is Cc1nc2c(OCc3c(F)cccc3F)cccn2c1C(=O)Cc1cccc2cnccc12. The lowest BCUT2D eigenvalue weighted by Crippen LogP contribution is -2.09. The molecule has 0 spiro atoms. The molecule has 3 heterocycles. The van der Waals surface area contributed by atoms with Crippen molar-refractivity contribution in [3.05, 3.63) is 107 Å². The number of nitrogens with zero attached hydrogens (tertiary/aromatic N) is 3. The molecule has 0 aliphatic rings. The van der Waals surface area contributed by atoms with E-state index < -0.39 is 11.6 Å². The van der Waals surface area contributed by atoms with E-state index in [1.165, 1.54) is 18.2 Å². The summed E-state index contributed by atoms with van der Waals surface area (Å²) in [7, 11) is 0. The minimum absolute atomic E-state index is 0.0957. The number of pyridine rings is 2. The van der Waals surface area contributed by atoms with E-state index in [4.69, 9.17) is 4.74 Å². The van der Waals surface area contributed by atoms with Gasteiger partial charge in [0.25, 0.3) is 0 Å². The Bertz CT molecular complexity index is 1490. The first kappa shape index (κ1) is 20.8. The van der Waals surface area contributed by atoms with E-state index in [9.17, 15) is 13.6 Å². The third-order valence-electron chi connectivity index (χ3n) is 5.61. The Hall–Kier alpha value is -4.13. The van der Waals surface area contributed by atoms with Gasteiger partial charge in [-0.05, 0) is 48.2 Å². The summed E-state index contributed by atoms with van der Waals surface area (Å²) in [6, 6.07) is 14.7. The number of hydrogen-bond donors (Lipinski definition) is 0. The zero-order chi connectivity index (χ0) is 22.9. The summed E-state index contributed by atoms with van der Waals surface area (Å²) in [4.78, 5) is 22.0. The lowest BCUT2D eigenvalue weighted by atomic mass is 10.0. The smallest absolute Gasteiger partial charge is 0.185 e. The molecule has 0 amide bonds. The van der Waals surface area contributed by atoms with Crippen LogP contribution in [0.3, 0.4) is 0 Å². The molecule has 0 N–H and O–H groups in total. The molecule has 5 nitrogen and oxygen atoms in total. The number of aromatic nitrogens is 3. The molecular weight excluding hydrogens is 424 g/mol. The zero-order valence-electron chi connectivity index (χ0n) is 17.8. The number of imidazole rings is 1. The molecule has 0 unspecified atom stereocenters. The molecule has 0 radical (unpaired) electrons. The highest BCUT2D eigenvalue weighted by molar-refractivity contribution is 6.00. The van der Waals surface area contributed by atoms with Crippen LogP contribution in [0, 0.1) is 18.6 Å². The molecule has 7 heteroatoms. The van der Waals surface area contributed by atoms with Crippen molar-refractivity contribution in [2.75, 3.05) is 0 Å². The standard InChI is InChI=1S/C26H19F2N3O2/c1-16-25(23(32)13-17-5-2-6-18-14-29-11-10-19(17)18)31-12-4-9-24(26(31)30-16)33-15-20-21(27)7-3-8-22(20)28/h2-12,14H,13,15H2,1H3.